The van der Waals surface area contributed by atoms with Crippen LogP contribution in [-0.2, 0) is 12.8 Å². The zero-order valence-corrected chi connectivity index (χ0v) is 12.2. The first-order chi connectivity index (χ1) is 9.36. The Hall–Kier alpha value is -1.38. The van der Waals surface area contributed by atoms with E-state index in [4.69, 9.17) is 5.10 Å². The molecule has 2 rings (SSSR count). The highest BCUT2D eigenvalue weighted by atomic mass is 15.2. The molecule has 0 atom stereocenters. The Balaban J connectivity index is 2.18. The van der Waals surface area contributed by atoms with Crippen molar-refractivity contribution in [3.8, 4) is 0 Å². The number of aryl methyl sites for hydroxylation is 2. The van der Waals surface area contributed by atoms with Crippen LogP contribution in [0.15, 0.2) is 18.5 Å². The van der Waals surface area contributed by atoms with Gasteiger partial charge in [0.2, 0.25) is 0 Å². The summed E-state index contributed by atoms with van der Waals surface area (Å²) in [4.78, 5) is 4.51. The Morgan fingerprint density at radius 3 is 2.47 bits per heavy atom. The first-order valence-electron chi connectivity index (χ1n) is 7.68. The third-order valence-electron chi connectivity index (χ3n) is 3.62. The first-order valence-corrected chi connectivity index (χ1v) is 7.68. The van der Waals surface area contributed by atoms with Crippen LogP contribution < -0.4 is 0 Å². The summed E-state index contributed by atoms with van der Waals surface area (Å²) in [6, 6.07) is 1.95. The summed E-state index contributed by atoms with van der Waals surface area (Å²) in [5.41, 5.74) is 3.71. The van der Waals surface area contributed by atoms with Gasteiger partial charge in [0.25, 0.3) is 0 Å². The van der Waals surface area contributed by atoms with Crippen molar-refractivity contribution in [2.24, 2.45) is 0 Å². The van der Waals surface area contributed by atoms with Gasteiger partial charge in [0.05, 0.1) is 5.69 Å². The lowest BCUT2D eigenvalue weighted by Gasteiger charge is -2.02. The minimum Gasteiger partial charge on any atom is -0.237 e. The van der Waals surface area contributed by atoms with Crippen LogP contribution in [0.25, 0.3) is 5.65 Å². The van der Waals surface area contributed by atoms with E-state index in [2.05, 4.69) is 18.8 Å². The van der Waals surface area contributed by atoms with Crippen LogP contribution >= 0.6 is 0 Å². The van der Waals surface area contributed by atoms with Crippen molar-refractivity contribution in [3.63, 3.8) is 0 Å². The highest BCUT2D eigenvalue weighted by Gasteiger charge is 2.12. The number of fused-ring (bicyclic) bond motifs is 1. The first kappa shape index (κ1) is 14.0. The van der Waals surface area contributed by atoms with Gasteiger partial charge in [-0.05, 0) is 31.7 Å². The molecule has 0 unspecified atom stereocenters. The molecule has 3 nitrogen and oxygen atoms in total. The summed E-state index contributed by atoms with van der Waals surface area (Å²) >= 11 is 0. The van der Waals surface area contributed by atoms with Crippen molar-refractivity contribution in [2.45, 2.75) is 65.2 Å². The van der Waals surface area contributed by atoms with E-state index in [0.717, 1.165) is 18.5 Å². The Labute approximate surface area is 116 Å². The second kappa shape index (κ2) is 7.27. The third kappa shape index (κ3) is 3.55. The minimum atomic E-state index is 1.06. The molecule has 3 heteroatoms. The molecule has 19 heavy (non-hydrogen) atoms. The van der Waals surface area contributed by atoms with Gasteiger partial charge in [0.1, 0.15) is 0 Å². The summed E-state index contributed by atoms with van der Waals surface area (Å²) in [7, 11) is 0. The van der Waals surface area contributed by atoms with Crippen LogP contribution in [-0.4, -0.2) is 14.6 Å². The zero-order valence-electron chi connectivity index (χ0n) is 12.2. The minimum absolute atomic E-state index is 1.06. The molecule has 0 amide bonds. The number of aromatic nitrogens is 3. The van der Waals surface area contributed by atoms with E-state index in [1.807, 2.05) is 23.0 Å². The Bertz CT molecular complexity index is 502. The van der Waals surface area contributed by atoms with Crippen LogP contribution in [0.2, 0.25) is 0 Å². The van der Waals surface area contributed by atoms with Gasteiger partial charge in [0.15, 0.2) is 5.65 Å². The predicted molar refractivity (Wildman–Crippen MR) is 79.4 cm³/mol. The molecule has 104 valence electrons. The quantitative estimate of drug-likeness (QED) is 0.665. The van der Waals surface area contributed by atoms with Gasteiger partial charge in [-0.3, -0.25) is 0 Å². The van der Waals surface area contributed by atoms with E-state index in [1.54, 1.807) is 0 Å². The lowest BCUT2D eigenvalue weighted by Crippen LogP contribution is -1.94. The second-order valence-corrected chi connectivity index (χ2v) is 5.23. The maximum Gasteiger partial charge on any atom is 0.158 e. The van der Waals surface area contributed by atoms with Gasteiger partial charge in [-0.25, -0.2) is 9.50 Å². The number of hydrogen-bond donors (Lipinski definition) is 0. The number of unbranched alkanes of at least 4 members (excludes halogenated alkanes) is 4. The van der Waals surface area contributed by atoms with Crippen LogP contribution in [0.5, 0.6) is 0 Å². The van der Waals surface area contributed by atoms with Crippen molar-refractivity contribution in [2.75, 3.05) is 0 Å². The zero-order chi connectivity index (χ0) is 13.5. The largest absolute Gasteiger partial charge is 0.237 e. The maximum absolute atomic E-state index is 4.72. The standard InChI is InChI=1S/C16H25N3/c1-3-5-7-10-14-15(11-8-6-4-2)18-19-13-9-12-17-16(14)19/h9,12-13H,3-8,10-11H2,1-2H3. The molecule has 0 fully saturated rings. The van der Waals surface area contributed by atoms with Gasteiger partial charge in [-0.2, -0.15) is 5.10 Å². The fourth-order valence-electron chi connectivity index (χ4n) is 2.53. The molecule has 0 aliphatic carbocycles. The molecule has 0 aliphatic heterocycles. The topological polar surface area (TPSA) is 30.2 Å². The van der Waals surface area contributed by atoms with Crippen LogP contribution in [0.4, 0.5) is 0 Å². The van der Waals surface area contributed by atoms with Gasteiger partial charge < -0.3 is 0 Å². The average Bonchev–Trinajstić information content (AvgIpc) is 2.78. The fourth-order valence-corrected chi connectivity index (χ4v) is 2.53. The SMILES string of the molecule is CCCCCc1nn2cccnc2c1CCCCC. The lowest BCUT2D eigenvalue weighted by atomic mass is 10.0. The molecule has 2 aromatic rings. The van der Waals surface area contributed by atoms with Crippen LogP contribution in [0, 0.1) is 0 Å². The van der Waals surface area contributed by atoms with E-state index in [0.29, 0.717) is 0 Å². The molecule has 0 N–H and O–H groups in total. The third-order valence-corrected chi connectivity index (χ3v) is 3.62. The fraction of sp³-hybridized carbons (Fsp3) is 0.625. The molecule has 0 radical (unpaired) electrons. The number of hydrogen-bond acceptors (Lipinski definition) is 2. The van der Waals surface area contributed by atoms with E-state index in [-0.39, 0.29) is 0 Å². The van der Waals surface area contributed by atoms with Crippen molar-refractivity contribution in [3.05, 3.63) is 29.7 Å². The Morgan fingerprint density at radius 2 is 1.74 bits per heavy atom. The molecule has 0 spiro atoms. The number of nitrogens with zero attached hydrogens (tertiary/aromatic N) is 3. The van der Waals surface area contributed by atoms with E-state index in [1.165, 1.54) is 49.8 Å². The molecule has 0 aromatic carbocycles. The second-order valence-electron chi connectivity index (χ2n) is 5.23. The Kier molecular flexibility index (Phi) is 5.37. The van der Waals surface area contributed by atoms with Gasteiger partial charge in [-0.15, -0.1) is 0 Å². The normalized spacial score (nSPS) is 11.3. The Morgan fingerprint density at radius 1 is 1.00 bits per heavy atom. The molecule has 2 aromatic heterocycles. The average molecular weight is 259 g/mol. The van der Waals surface area contributed by atoms with Gasteiger partial charge in [0, 0.05) is 18.0 Å². The van der Waals surface area contributed by atoms with Crippen molar-refractivity contribution < 1.29 is 0 Å². The van der Waals surface area contributed by atoms with E-state index < -0.39 is 0 Å². The molecule has 2 heterocycles. The summed E-state index contributed by atoms with van der Waals surface area (Å²) in [6.45, 7) is 4.49. The summed E-state index contributed by atoms with van der Waals surface area (Å²) < 4.78 is 1.95. The van der Waals surface area contributed by atoms with Crippen molar-refractivity contribution in [1.29, 1.82) is 0 Å². The van der Waals surface area contributed by atoms with Crippen molar-refractivity contribution >= 4 is 5.65 Å². The highest BCUT2D eigenvalue weighted by molar-refractivity contribution is 5.49. The summed E-state index contributed by atoms with van der Waals surface area (Å²) in [5.74, 6) is 0. The number of rotatable bonds is 8. The van der Waals surface area contributed by atoms with Crippen LogP contribution in [0.3, 0.4) is 0 Å². The molecule has 0 saturated carbocycles. The lowest BCUT2D eigenvalue weighted by molar-refractivity contribution is 0.685. The highest BCUT2D eigenvalue weighted by Crippen LogP contribution is 2.19. The molecular formula is C16H25N3. The molecular weight excluding hydrogens is 234 g/mol. The van der Waals surface area contributed by atoms with Crippen LogP contribution in [0.1, 0.15) is 63.6 Å². The predicted octanol–water partition coefficient (Wildman–Crippen LogP) is 4.19. The van der Waals surface area contributed by atoms with Gasteiger partial charge >= 0.3 is 0 Å². The van der Waals surface area contributed by atoms with Crippen molar-refractivity contribution in [1.82, 2.24) is 14.6 Å². The van der Waals surface area contributed by atoms with E-state index >= 15 is 0 Å². The smallest absolute Gasteiger partial charge is 0.158 e. The summed E-state index contributed by atoms with van der Waals surface area (Å²) in [6.07, 6.45) is 13.7. The molecule has 0 saturated heterocycles. The summed E-state index contributed by atoms with van der Waals surface area (Å²) in [5, 5.41) is 4.72. The monoisotopic (exact) mass is 259 g/mol. The van der Waals surface area contributed by atoms with E-state index in [9.17, 15) is 0 Å². The maximum atomic E-state index is 4.72. The molecule has 0 bridgehead atoms. The molecule has 0 aliphatic rings. The van der Waals surface area contributed by atoms with Gasteiger partial charge in [-0.1, -0.05) is 39.5 Å².